The van der Waals surface area contributed by atoms with Gasteiger partial charge in [0.15, 0.2) is 5.82 Å². The van der Waals surface area contributed by atoms with E-state index in [1.165, 1.54) is 18.2 Å². The Labute approximate surface area is 259 Å². The lowest BCUT2D eigenvalue weighted by molar-refractivity contribution is -0.192. The van der Waals surface area contributed by atoms with Crippen LogP contribution in [-0.4, -0.2) is 55.3 Å². The number of benzene rings is 1. The second-order valence-corrected chi connectivity index (χ2v) is 11.1. The number of nitrogens with zero attached hydrogens (tertiary/aromatic N) is 4. The highest BCUT2D eigenvalue weighted by Crippen LogP contribution is 2.38. The number of rotatable bonds is 2. The van der Waals surface area contributed by atoms with Crippen LogP contribution >= 0.6 is 23.2 Å². The molecule has 4 heterocycles. The molecule has 0 fully saturated rings. The van der Waals surface area contributed by atoms with Gasteiger partial charge >= 0.3 is 12.1 Å². The van der Waals surface area contributed by atoms with E-state index < -0.39 is 18.0 Å². The Morgan fingerprint density at radius 3 is 2.48 bits per heavy atom. The van der Waals surface area contributed by atoms with Crippen LogP contribution in [0.5, 0.6) is 0 Å². The van der Waals surface area contributed by atoms with Crippen molar-refractivity contribution in [1.29, 1.82) is 0 Å². The zero-order valence-electron chi connectivity index (χ0n) is 23.5. The highest BCUT2D eigenvalue weighted by molar-refractivity contribution is 6.34. The van der Waals surface area contributed by atoms with Gasteiger partial charge < -0.3 is 15.3 Å². The maximum absolute atomic E-state index is 14.8. The van der Waals surface area contributed by atoms with Crippen molar-refractivity contribution in [1.82, 2.24) is 19.7 Å². The number of carboxylic acids is 1. The molecule has 234 valence electrons. The summed E-state index contributed by atoms with van der Waals surface area (Å²) in [5.74, 6) is -3.90. The summed E-state index contributed by atoms with van der Waals surface area (Å²) in [5, 5.41) is 14.6. The van der Waals surface area contributed by atoms with Gasteiger partial charge in [0.25, 0.3) is 0 Å². The number of hydrogen-bond acceptors (Lipinski definition) is 5. The number of aromatic nitrogens is 3. The average molecular weight is 656 g/mol. The number of carbonyl (C=O) groups is 3. The highest BCUT2D eigenvalue weighted by atomic mass is 35.5. The molecule has 0 unspecified atom stereocenters. The normalized spacial score (nSPS) is 19.0. The zero-order valence-corrected chi connectivity index (χ0v) is 25.0. The van der Waals surface area contributed by atoms with Gasteiger partial charge in [-0.2, -0.15) is 18.3 Å². The van der Waals surface area contributed by atoms with Gasteiger partial charge in [-0.15, -0.1) is 0 Å². The summed E-state index contributed by atoms with van der Waals surface area (Å²) in [7, 11) is 1.82. The maximum atomic E-state index is 14.8. The Kier molecular flexibility index (Phi) is 9.99. The van der Waals surface area contributed by atoms with Crippen LogP contribution in [-0.2, 0) is 21.4 Å². The van der Waals surface area contributed by atoms with E-state index in [1.54, 1.807) is 22.0 Å². The number of alkyl halides is 3. The van der Waals surface area contributed by atoms with E-state index in [0.29, 0.717) is 37.1 Å². The van der Waals surface area contributed by atoms with Crippen LogP contribution in [0, 0.1) is 11.7 Å². The van der Waals surface area contributed by atoms with Crippen molar-refractivity contribution in [2.45, 2.75) is 44.8 Å². The molecule has 2 aliphatic rings. The molecule has 0 saturated carbocycles. The van der Waals surface area contributed by atoms with Crippen molar-refractivity contribution >= 4 is 52.2 Å². The maximum Gasteiger partial charge on any atom is 0.490 e. The molecule has 15 heteroatoms. The van der Waals surface area contributed by atoms with E-state index in [-0.39, 0.29) is 39.4 Å². The second-order valence-electron chi connectivity index (χ2n) is 10.3. The molecular weight excluding hydrogens is 629 g/mol. The van der Waals surface area contributed by atoms with Crippen molar-refractivity contribution in [3.05, 3.63) is 69.9 Å². The monoisotopic (exact) mass is 655 g/mol. The summed E-state index contributed by atoms with van der Waals surface area (Å²) >= 11 is 12.2. The molecule has 1 aromatic carbocycles. The minimum Gasteiger partial charge on any atom is -0.475 e. The molecule has 5 rings (SSSR count). The molecule has 44 heavy (non-hydrogen) atoms. The predicted molar refractivity (Wildman–Crippen MR) is 155 cm³/mol. The van der Waals surface area contributed by atoms with Crippen molar-refractivity contribution < 1.29 is 37.1 Å². The van der Waals surface area contributed by atoms with E-state index in [0.717, 1.165) is 23.4 Å². The van der Waals surface area contributed by atoms with Crippen LogP contribution < -0.4 is 5.32 Å². The Morgan fingerprint density at radius 1 is 1.14 bits per heavy atom. The molecule has 0 spiro atoms. The molecular formula is C29H27Cl2F4N5O4. The highest BCUT2D eigenvalue weighted by Gasteiger charge is 2.38. The molecule has 0 saturated heterocycles. The molecule has 2 aliphatic heterocycles. The fraction of sp³-hybridized carbons (Fsp3) is 0.345. The first-order chi connectivity index (χ1) is 20.7. The number of anilines is 1. The van der Waals surface area contributed by atoms with E-state index in [2.05, 4.69) is 15.4 Å². The molecule has 2 N–H and O–H groups in total. The summed E-state index contributed by atoms with van der Waals surface area (Å²) in [6.07, 6.45) is 2.14. The van der Waals surface area contributed by atoms with Crippen LogP contribution in [0.2, 0.25) is 10.0 Å². The summed E-state index contributed by atoms with van der Waals surface area (Å²) < 4.78 is 48.2. The Hall–Kier alpha value is -3.97. The average Bonchev–Trinajstić information content (AvgIpc) is 3.32. The minimum atomic E-state index is -5.08. The zero-order chi connectivity index (χ0) is 32.3. The van der Waals surface area contributed by atoms with Crippen molar-refractivity contribution in [3.63, 3.8) is 0 Å². The fourth-order valence-electron chi connectivity index (χ4n) is 5.10. The number of carbonyl (C=O) groups excluding carboxylic acids is 2. The van der Waals surface area contributed by atoms with Gasteiger partial charge in [-0.05, 0) is 49.1 Å². The summed E-state index contributed by atoms with van der Waals surface area (Å²) in [6, 6.07) is 6.44. The quantitative estimate of drug-likeness (QED) is 0.235. The lowest BCUT2D eigenvalue weighted by Gasteiger charge is -2.34. The number of carboxylic acid groups (broad SMARTS) is 1. The van der Waals surface area contributed by atoms with Crippen molar-refractivity contribution in [2.75, 3.05) is 11.9 Å². The van der Waals surface area contributed by atoms with Gasteiger partial charge in [-0.3, -0.25) is 19.3 Å². The number of nitrogens with one attached hydrogen (secondary N) is 1. The first-order valence-electron chi connectivity index (χ1n) is 13.4. The number of aryl methyl sites for hydroxylation is 1. The third-order valence-corrected chi connectivity index (χ3v) is 7.95. The second kappa shape index (κ2) is 13.3. The summed E-state index contributed by atoms with van der Waals surface area (Å²) in [4.78, 5) is 41.6. The van der Waals surface area contributed by atoms with Crippen LogP contribution in [0.15, 0.2) is 42.7 Å². The molecule has 3 aromatic rings. The van der Waals surface area contributed by atoms with Gasteiger partial charge in [0.1, 0.15) is 0 Å². The number of amides is 2. The smallest absolute Gasteiger partial charge is 0.475 e. The molecule has 9 nitrogen and oxygen atoms in total. The van der Waals surface area contributed by atoms with Gasteiger partial charge in [0.05, 0.1) is 39.4 Å². The Bertz CT molecular complexity index is 1630. The first kappa shape index (κ1) is 32.9. The lowest BCUT2D eigenvalue weighted by atomic mass is 9.93. The third-order valence-electron chi connectivity index (χ3n) is 7.34. The third kappa shape index (κ3) is 7.21. The summed E-state index contributed by atoms with van der Waals surface area (Å²) in [6.45, 7) is 2.27. The van der Waals surface area contributed by atoms with Crippen molar-refractivity contribution in [2.24, 2.45) is 13.0 Å². The van der Waals surface area contributed by atoms with E-state index >= 15 is 0 Å². The van der Waals surface area contributed by atoms with Crippen LogP contribution in [0.25, 0.3) is 16.8 Å². The first-order valence-corrected chi connectivity index (χ1v) is 14.2. The van der Waals surface area contributed by atoms with Crippen LogP contribution in [0.3, 0.4) is 0 Å². The SMILES string of the molecule is C[C@@H]1CCC[C@H](N2CCC(c3c(Cl)ccc(Cl)c3F)=CC2=O)c2cc(ccn2)-c2c(cnn2C)NC1=O.O=C(O)C(F)(F)F. The molecule has 2 bridgehead atoms. The largest absolute Gasteiger partial charge is 0.490 e. The van der Waals surface area contributed by atoms with Gasteiger partial charge in [0, 0.05) is 42.9 Å². The predicted octanol–water partition coefficient (Wildman–Crippen LogP) is 6.68. The number of hydrogen-bond donors (Lipinski definition) is 2. The summed E-state index contributed by atoms with van der Waals surface area (Å²) in [5.41, 5.74) is 3.68. The number of pyridine rings is 1. The number of fused-ring (bicyclic) bond motifs is 4. The molecule has 2 atom stereocenters. The van der Waals surface area contributed by atoms with E-state index in [1.807, 2.05) is 26.1 Å². The van der Waals surface area contributed by atoms with E-state index in [4.69, 9.17) is 33.1 Å². The fourth-order valence-corrected chi connectivity index (χ4v) is 5.53. The van der Waals surface area contributed by atoms with E-state index in [9.17, 15) is 27.2 Å². The van der Waals surface area contributed by atoms with Gasteiger partial charge in [-0.1, -0.05) is 36.5 Å². The van der Waals surface area contributed by atoms with Crippen molar-refractivity contribution in [3.8, 4) is 11.3 Å². The van der Waals surface area contributed by atoms with Crippen LogP contribution in [0.1, 0.15) is 49.9 Å². The van der Waals surface area contributed by atoms with Gasteiger partial charge in [-0.25, -0.2) is 9.18 Å². The minimum absolute atomic E-state index is 0.0387. The molecule has 2 aromatic heterocycles. The van der Waals surface area contributed by atoms with Crippen LogP contribution in [0.4, 0.5) is 23.2 Å². The standard InChI is InChI=1S/C27H26Cl2FN5O2.C2HF3O2/c1-15-4-3-5-22(20-12-17(8-10-31-20)26-21(33-27(15)37)14-32-34(26)2)35-11-9-16(13-23(35)36)24-18(28)6-7-19(29)25(24)30;3-2(4,5)1(6)7/h6-8,10,12-15,22H,3-5,9,11H2,1-2H3,(H,33,37);(H,6,7)/t15-,22+;/m1./s1. The van der Waals surface area contributed by atoms with Gasteiger partial charge in [0.2, 0.25) is 11.8 Å². The Morgan fingerprint density at radius 2 is 1.82 bits per heavy atom. The topological polar surface area (TPSA) is 117 Å². The number of halogens is 6. The Balaban J connectivity index is 0.000000566. The molecule has 0 aliphatic carbocycles. The molecule has 0 radical (unpaired) electrons. The number of aliphatic carboxylic acids is 1. The molecule has 2 amide bonds. The lowest BCUT2D eigenvalue weighted by Crippen LogP contribution is -2.38.